The van der Waals surface area contributed by atoms with Crippen molar-refractivity contribution in [1.82, 2.24) is 10.6 Å². The van der Waals surface area contributed by atoms with Crippen LogP contribution >= 0.6 is 0 Å². The maximum atomic E-state index is 12.4. The first-order valence-corrected chi connectivity index (χ1v) is 8.02. The topological polar surface area (TPSA) is 113 Å². The van der Waals surface area contributed by atoms with Crippen LogP contribution in [-0.2, 0) is 19.2 Å². The molecule has 7 heteroatoms. The molecule has 3 atom stereocenters. The summed E-state index contributed by atoms with van der Waals surface area (Å²) in [4.78, 5) is 46.7. The van der Waals surface area contributed by atoms with Gasteiger partial charge in [0.1, 0.15) is 17.9 Å². The molecule has 2 amide bonds. The van der Waals surface area contributed by atoms with Crippen molar-refractivity contribution in [3.05, 3.63) is 0 Å². The summed E-state index contributed by atoms with van der Waals surface area (Å²) in [6, 6.07) is -1.87. The molecule has 23 heavy (non-hydrogen) atoms. The molecule has 1 aliphatic carbocycles. The first-order chi connectivity index (χ1) is 10.7. The first kappa shape index (κ1) is 19.1. The molecular weight excluding hydrogens is 300 g/mol. The van der Waals surface area contributed by atoms with Gasteiger partial charge in [0.2, 0.25) is 11.8 Å². The lowest BCUT2D eigenvalue weighted by Gasteiger charge is -2.29. The standard InChI is InChI=1S/C16H26N2O5/c1-9(2)7-13(17-10(3)19)15(21)18-14(16(22)23)11-5-4-6-12(20)8-11/h9,11,13-14H,4-8H2,1-3H3,(H,17,19)(H,18,21)(H,22,23)/t11-,13+,14+/m1/s1. The van der Waals surface area contributed by atoms with E-state index in [4.69, 9.17) is 0 Å². The summed E-state index contributed by atoms with van der Waals surface area (Å²) in [7, 11) is 0. The molecule has 1 rings (SSSR count). The number of carbonyl (C=O) groups is 4. The highest BCUT2D eigenvalue weighted by atomic mass is 16.4. The van der Waals surface area contributed by atoms with Gasteiger partial charge < -0.3 is 15.7 Å². The molecule has 1 saturated carbocycles. The van der Waals surface area contributed by atoms with Gasteiger partial charge in [-0.25, -0.2) is 4.79 Å². The second kappa shape index (κ2) is 8.64. The van der Waals surface area contributed by atoms with Gasteiger partial charge in [-0.2, -0.15) is 0 Å². The fourth-order valence-corrected chi connectivity index (χ4v) is 2.93. The van der Waals surface area contributed by atoms with Crippen molar-refractivity contribution < 1.29 is 24.3 Å². The minimum Gasteiger partial charge on any atom is -0.480 e. The van der Waals surface area contributed by atoms with E-state index in [1.807, 2.05) is 13.8 Å². The third-order valence-electron chi connectivity index (χ3n) is 3.96. The Bertz CT molecular complexity index is 475. The zero-order valence-electron chi connectivity index (χ0n) is 13.9. The number of carbonyl (C=O) groups excluding carboxylic acids is 3. The Morgan fingerprint density at radius 2 is 1.91 bits per heavy atom. The van der Waals surface area contributed by atoms with E-state index in [2.05, 4.69) is 10.6 Å². The van der Waals surface area contributed by atoms with Gasteiger partial charge in [-0.3, -0.25) is 14.4 Å². The smallest absolute Gasteiger partial charge is 0.326 e. The van der Waals surface area contributed by atoms with E-state index < -0.39 is 29.9 Å². The maximum Gasteiger partial charge on any atom is 0.326 e. The first-order valence-electron chi connectivity index (χ1n) is 8.02. The van der Waals surface area contributed by atoms with Crippen LogP contribution in [0.3, 0.4) is 0 Å². The second-order valence-electron chi connectivity index (χ2n) is 6.60. The van der Waals surface area contributed by atoms with Crippen molar-refractivity contribution in [3.8, 4) is 0 Å². The van der Waals surface area contributed by atoms with Crippen molar-refractivity contribution in [3.63, 3.8) is 0 Å². The number of amides is 2. The van der Waals surface area contributed by atoms with Crippen molar-refractivity contribution in [2.24, 2.45) is 11.8 Å². The van der Waals surface area contributed by atoms with E-state index in [1.165, 1.54) is 6.92 Å². The van der Waals surface area contributed by atoms with Gasteiger partial charge in [0.25, 0.3) is 0 Å². The van der Waals surface area contributed by atoms with Crippen LogP contribution < -0.4 is 10.6 Å². The summed E-state index contributed by atoms with van der Waals surface area (Å²) >= 11 is 0. The van der Waals surface area contributed by atoms with Crippen LogP contribution in [0.2, 0.25) is 0 Å². The molecule has 1 aliphatic rings. The van der Waals surface area contributed by atoms with Crippen LogP contribution in [0.5, 0.6) is 0 Å². The molecule has 0 saturated heterocycles. The summed E-state index contributed by atoms with van der Waals surface area (Å²) in [5.74, 6) is -2.21. The summed E-state index contributed by atoms with van der Waals surface area (Å²) in [5.41, 5.74) is 0. The average Bonchev–Trinajstić information content (AvgIpc) is 2.42. The summed E-state index contributed by atoms with van der Waals surface area (Å²) in [6.45, 7) is 5.14. The van der Waals surface area contributed by atoms with E-state index in [1.54, 1.807) is 0 Å². The number of hydrogen-bond acceptors (Lipinski definition) is 4. The molecule has 0 heterocycles. The molecule has 0 aliphatic heterocycles. The monoisotopic (exact) mass is 326 g/mol. The molecule has 0 spiro atoms. The van der Waals surface area contributed by atoms with Gasteiger partial charge in [-0.15, -0.1) is 0 Å². The zero-order valence-corrected chi connectivity index (χ0v) is 13.9. The van der Waals surface area contributed by atoms with Crippen LogP contribution in [-0.4, -0.2) is 40.8 Å². The highest BCUT2D eigenvalue weighted by molar-refractivity contribution is 5.90. The molecule has 0 aromatic rings. The molecule has 0 aromatic carbocycles. The van der Waals surface area contributed by atoms with Crippen molar-refractivity contribution in [1.29, 1.82) is 0 Å². The summed E-state index contributed by atoms with van der Waals surface area (Å²) in [6.07, 6.45) is 2.30. The predicted octanol–water partition coefficient (Wildman–Crippen LogP) is 0.866. The van der Waals surface area contributed by atoms with Gasteiger partial charge in [-0.1, -0.05) is 13.8 Å². The van der Waals surface area contributed by atoms with Gasteiger partial charge >= 0.3 is 5.97 Å². The van der Waals surface area contributed by atoms with E-state index >= 15 is 0 Å². The predicted molar refractivity (Wildman–Crippen MR) is 83.6 cm³/mol. The third kappa shape index (κ3) is 6.38. The molecule has 1 fully saturated rings. The Hall–Kier alpha value is -1.92. The number of carboxylic acid groups (broad SMARTS) is 1. The number of carboxylic acids is 1. The largest absolute Gasteiger partial charge is 0.480 e. The Kier molecular flexibility index (Phi) is 7.19. The minimum atomic E-state index is -1.15. The molecule has 0 radical (unpaired) electrons. The van der Waals surface area contributed by atoms with Crippen molar-refractivity contribution in [2.75, 3.05) is 0 Å². The Balaban J connectivity index is 2.79. The van der Waals surface area contributed by atoms with Crippen molar-refractivity contribution in [2.45, 2.75) is 65.0 Å². The van der Waals surface area contributed by atoms with E-state index in [9.17, 15) is 24.3 Å². The van der Waals surface area contributed by atoms with Gasteiger partial charge in [0.05, 0.1) is 0 Å². The highest BCUT2D eigenvalue weighted by Crippen LogP contribution is 2.24. The lowest BCUT2D eigenvalue weighted by atomic mass is 9.83. The molecule has 0 aromatic heterocycles. The van der Waals surface area contributed by atoms with Crippen molar-refractivity contribution >= 4 is 23.6 Å². The molecule has 3 N–H and O–H groups in total. The maximum absolute atomic E-state index is 12.4. The molecular formula is C16H26N2O5. The fraction of sp³-hybridized carbons (Fsp3) is 0.750. The number of hydrogen-bond donors (Lipinski definition) is 3. The third-order valence-corrected chi connectivity index (χ3v) is 3.96. The number of nitrogens with one attached hydrogen (secondary N) is 2. The number of rotatable bonds is 7. The van der Waals surface area contributed by atoms with Crippen LogP contribution in [0, 0.1) is 11.8 Å². The van der Waals surface area contributed by atoms with E-state index in [0.717, 1.165) is 0 Å². The van der Waals surface area contributed by atoms with E-state index in [-0.39, 0.29) is 24.0 Å². The highest BCUT2D eigenvalue weighted by Gasteiger charge is 2.35. The van der Waals surface area contributed by atoms with Crippen LogP contribution in [0.4, 0.5) is 0 Å². The SMILES string of the molecule is CC(=O)N[C@@H](CC(C)C)C(=O)N[C@H](C(=O)O)[C@@H]1CCCC(=O)C1. The van der Waals surface area contributed by atoms with Gasteiger partial charge in [0, 0.05) is 19.8 Å². The number of aliphatic carboxylic acids is 1. The van der Waals surface area contributed by atoms with Crippen LogP contribution in [0.25, 0.3) is 0 Å². The minimum absolute atomic E-state index is 0.0299. The average molecular weight is 326 g/mol. The number of Topliss-reactive ketones (excluding diaryl/α,β-unsaturated/α-hetero) is 1. The Morgan fingerprint density at radius 1 is 1.26 bits per heavy atom. The summed E-state index contributed by atoms with van der Waals surface area (Å²) < 4.78 is 0. The zero-order chi connectivity index (χ0) is 17.6. The molecule has 130 valence electrons. The lowest BCUT2D eigenvalue weighted by molar-refractivity contribution is -0.144. The lowest BCUT2D eigenvalue weighted by Crippen LogP contribution is -2.54. The normalized spacial score (nSPS) is 20.7. The van der Waals surface area contributed by atoms with Gasteiger partial charge in [-0.05, 0) is 31.1 Å². The molecule has 0 unspecified atom stereocenters. The second-order valence-corrected chi connectivity index (χ2v) is 6.60. The Morgan fingerprint density at radius 3 is 2.39 bits per heavy atom. The van der Waals surface area contributed by atoms with Crippen LogP contribution in [0.1, 0.15) is 52.9 Å². The number of ketones is 1. The summed E-state index contributed by atoms with van der Waals surface area (Å²) in [5, 5.41) is 14.5. The molecule has 0 bridgehead atoms. The quantitative estimate of drug-likeness (QED) is 0.642. The van der Waals surface area contributed by atoms with Crippen LogP contribution in [0.15, 0.2) is 0 Å². The van der Waals surface area contributed by atoms with Gasteiger partial charge in [0.15, 0.2) is 0 Å². The fourth-order valence-electron chi connectivity index (χ4n) is 2.93. The van der Waals surface area contributed by atoms with E-state index in [0.29, 0.717) is 25.7 Å². The Labute approximate surface area is 136 Å². The molecule has 7 nitrogen and oxygen atoms in total.